The molecule has 3 unspecified atom stereocenters. The summed E-state index contributed by atoms with van der Waals surface area (Å²) >= 11 is 0. The van der Waals surface area contributed by atoms with Crippen LogP contribution in [0, 0.1) is 0 Å². The molecule has 0 radical (unpaired) electrons. The number of hydrogen-bond acceptors (Lipinski definition) is 2. The van der Waals surface area contributed by atoms with Crippen molar-refractivity contribution in [3.63, 3.8) is 0 Å². The molecule has 0 saturated carbocycles. The van der Waals surface area contributed by atoms with E-state index in [1.165, 1.54) is 5.56 Å². The van der Waals surface area contributed by atoms with Crippen LogP contribution in [-0.4, -0.2) is 20.8 Å². The van der Waals surface area contributed by atoms with Gasteiger partial charge < -0.3 is 5.32 Å². The van der Waals surface area contributed by atoms with Gasteiger partial charge in [0.1, 0.15) is 0 Å². The van der Waals surface area contributed by atoms with Crippen LogP contribution in [0.3, 0.4) is 0 Å². The third-order valence-corrected chi connectivity index (χ3v) is 5.61. The van der Waals surface area contributed by atoms with Gasteiger partial charge in [-0.05, 0) is 25.8 Å². The number of benzene rings is 1. The van der Waals surface area contributed by atoms with Gasteiger partial charge in [-0.2, -0.15) is 0 Å². The summed E-state index contributed by atoms with van der Waals surface area (Å²) in [6.07, 6.45) is 0.954. The minimum absolute atomic E-state index is 0.0446. The molecule has 0 aliphatic carbocycles. The Morgan fingerprint density at radius 1 is 1.35 bits per heavy atom. The van der Waals surface area contributed by atoms with E-state index in [0.29, 0.717) is 0 Å². The van der Waals surface area contributed by atoms with Gasteiger partial charge in [0.2, 0.25) is 0 Å². The van der Waals surface area contributed by atoms with Crippen molar-refractivity contribution < 1.29 is 4.21 Å². The molecular weight excluding hydrogens is 230 g/mol. The highest BCUT2D eigenvalue weighted by molar-refractivity contribution is 7.85. The molecule has 1 saturated heterocycles. The first-order valence-corrected chi connectivity index (χ1v) is 7.61. The highest BCUT2D eigenvalue weighted by Crippen LogP contribution is 2.31. The normalized spacial score (nSPS) is 32.3. The lowest BCUT2D eigenvalue weighted by Crippen LogP contribution is -2.56. The monoisotopic (exact) mass is 251 g/mol. The van der Waals surface area contributed by atoms with E-state index in [4.69, 9.17) is 0 Å². The van der Waals surface area contributed by atoms with Crippen LogP contribution in [0.4, 0.5) is 0 Å². The Kier molecular flexibility index (Phi) is 3.69. The van der Waals surface area contributed by atoms with Crippen LogP contribution in [-0.2, 0) is 10.8 Å². The van der Waals surface area contributed by atoms with E-state index in [0.717, 1.165) is 12.2 Å². The van der Waals surface area contributed by atoms with Crippen LogP contribution in [0.1, 0.15) is 38.8 Å². The Labute approximate surface area is 106 Å². The lowest BCUT2D eigenvalue weighted by Gasteiger charge is -2.41. The van der Waals surface area contributed by atoms with Gasteiger partial charge in [-0.25, -0.2) is 0 Å². The van der Waals surface area contributed by atoms with Gasteiger partial charge in [0, 0.05) is 28.1 Å². The summed E-state index contributed by atoms with van der Waals surface area (Å²) in [6, 6.07) is 10.6. The minimum Gasteiger partial charge on any atom is -0.303 e. The van der Waals surface area contributed by atoms with Crippen molar-refractivity contribution in [2.24, 2.45) is 0 Å². The molecule has 1 aromatic rings. The fraction of sp³-hybridized carbons (Fsp3) is 0.571. The van der Waals surface area contributed by atoms with E-state index >= 15 is 0 Å². The summed E-state index contributed by atoms with van der Waals surface area (Å²) in [4.78, 5) is 0. The van der Waals surface area contributed by atoms with Crippen molar-refractivity contribution in [2.75, 3.05) is 5.75 Å². The molecule has 0 spiro atoms. The molecular formula is C14H21NOS. The molecule has 2 nitrogen and oxygen atoms in total. The van der Waals surface area contributed by atoms with Gasteiger partial charge in [-0.1, -0.05) is 37.3 Å². The average molecular weight is 251 g/mol. The first-order chi connectivity index (χ1) is 8.03. The third-order valence-electron chi connectivity index (χ3n) is 3.32. The second-order valence-electron chi connectivity index (χ2n) is 5.39. The summed E-state index contributed by atoms with van der Waals surface area (Å²) in [5.74, 6) is 0.745. The van der Waals surface area contributed by atoms with Gasteiger partial charge in [0.05, 0.1) is 5.25 Å². The molecule has 3 heteroatoms. The van der Waals surface area contributed by atoms with E-state index in [9.17, 15) is 4.21 Å². The molecule has 17 heavy (non-hydrogen) atoms. The van der Waals surface area contributed by atoms with E-state index in [1.807, 2.05) is 18.2 Å². The Morgan fingerprint density at radius 3 is 2.59 bits per heavy atom. The van der Waals surface area contributed by atoms with E-state index in [1.54, 1.807) is 0 Å². The first kappa shape index (κ1) is 12.8. The first-order valence-electron chi connectivity index (χ1n) is 6.23. The molecule has 0 amide bonds. The molecule has 1 fully saturated rings. The van der Waals surface area contributed by atoms with Crippen LogP contribution in [0.25, 0.3) is 0 Å². The van der Waals surface area contributed by atoms with Crippen molar-refractivity contribution in [1.82, 2.24) is 5.32 Å². The second-order valence-corrected chi connectivity index (χ2v) is 7.04. The largest absolute Gasteiger partial charge is 0.303 e. The number of nitrogens with one attached hydrogen (secondary N) is 1. The summed E-state index contributed by atoms with van der Waals surface area (Å²) in [7, 11) is -0.741. The summed E-state index contributed by atoms with van der Waals surface area (Å²) in [6.45, 7) is 6.39. The molecule has 1 N–H and O–H groups in total. The fourth-order valence-electron chi connectivity index (χ4n) is 2.55. The zero-order valence-electron chi connectivity index (χ0n) is 10.8. The molecule has 3 atom stereocenters. The lowest BCUT2D eigenvalue weighted by molar-refractivity contribution is 0.335. The Hall–Kier alpha value is -0.670. The molecule has 1 aliphatic heterocycles. The maximum absolute atomic E-state index is 12.3. The Bertz CT molecular complexity index is 402. The van der Waals surface area contributed by atoms with Crippen molar-refractivity contribution >= 4 is 10.8 Å². The van der Waals surface area contributed by atoms with Gasteiger partial charge in [-0.3, -0.25) is 4.21 Å². The van der Waals surface area contributed by atoms with E-state index in [2.05, 4.69) is 38.2 Å². The fourth-order valence-corrected chi connectivity index (χ4v) is 4.46. The Balaban J connectivity index is 2.32. The van der Waals surface area contributed by atoms with Crippen LogP contribution >= 0.6 is 0 Å². The van der Waals surface area contributed by atoms with Crippen LogP contribution in [0.2, 0.25) is 0 Å². The third kappa shape index (κ3) is 2.78. The van der Waals surface area contributed by atoms with Gasteiger partial charge in [-0.15, -0.1) is 0 Å². The van der Waals surface area contributed by atoms with E-state index < -0.39 is 10.8 Å². The maximum Gasteiger partial charge on any atom is 0.0541 e. The van der Waals surface area contributed by atoms with Gasteiger partial charge in [0.15, 0.2) is 0 Å². The topological polar surface area (TPSA) is 29.1 Å². The highest BCUT2D eigenvalue weighted by Gasteiger charge is 2.38. The quantitative estimate of drug-likeness (QED) is 0.875. The van der Waals surface area contributed by atoms with Crippen LogP contribution < -0.4 is 5.32 Å². The standard InChI is InChI=1S/C14H21NOS/c1-4-12-13(11-8-6-5-7-9-11)15-14(2,3)10-17(12)16/h5-9,12-13,15H,4,10H2,1-3H3. The molecule has 0 bridgehead atoms. The molecule has 0 aromatic heterocycles. The number of rotatable bonds is 2. The minimum atomic E-state index is -0.741. The van der Waals surface area contributed by atoms with Crippen molar-refractivity contribution in [3.8, 4) is 0 Å². The lowest BCUT2D eigenvalue weighted by atomic mass is 9.97. The van der Waals surface area contributed by atoms with Crippen molar-refractivity contribution in [3.05, 3.63) is 35.9 Å². The van der Waals surface area contributed by atoms with Crippen molar-refractivity contribution in [1.29, 1.82) is 0 Å². The molecule has 2 rings (SSSR count). The Morgan fingerprint density at radius 2 is 2.00 bits per heavy atom. The molecule has 1 heterocycles. The maximum atomic E-state index is 12.3. The zero-order chi connectivity index (χ0) is 12.5. The van der Waals surface area contributed by atoms with E-state index in [-0.39, 0.29) is 16.8 Å². The van der Waals surface area contributed by atoms with Gasteiger partial charge >= 0.3 is 0 Å². The molecule has 94 valence electrons. The number of hydrogen-bond donors (Lipinski definition) is 1. The highest BCUT2D eigenvalue weighted by atomic mass is 32.2. The predicted molar refractivity (Wildman–Crippen MR) is 73.5 cm³/mol. The summed E-state index contributed by atoms with van der Waals surface area (Å²) < 4.78 is 12.3. The van der Waals surface area contributed by atoms with Crippen LogP contribution in [0.15, 0.2) is 30.3 Å². The van der Waals surface area contributed by atoms with Crippen LogP contribution in [0.5, 0.6) is 0 Å². The second kappa shape index (κ2) is 4.91. The van der Waals surface area contributed by atoms with Gasteiger partial charge in [0.25, 0.3) is 0 Å². The smallest absolute Gasteiger partial charge is 0.0541 e. The summed E-state index contributed by atoms with van der Waals surface area (Å²) in [5.41, 5.74) is 1.21. The zero-order valence-corrected chi connectivity index (χ0v) is 11.6. The summed E-state index contributed by atoms with van der Waals surface area (Å²) in [5, 5.41) is 3.87. The predicted octanol–water partition coefficient (Wildman–Crippen LogP) is 2.64. The SMILES string of the molecule is CCC1C(c2ccccc2)NC(C)(C)CS1=O. The average Bonchev–Trinajstić information content (AvgIpc) is 2.28. The van der Waals surface area contributed by atoms with Crippen molar-refractivity contribution in [2.45, 2.75) is 44.0 Å². The molecule has 1 aliphatic rings. The molecule has 1 aromatic carbocycles.